The number of hydrogen-bond donors (Lipinski definition) is 1. The Hall–Kier alpha value is -1.71. The number of rotatable bonds is 2. The second-order valence-corrected chi connectivity index (χ2v) is 3.77. The quantitative estimate of drug-likeness (QED) is 0.793. The van der Waals surface area contributed by atoms with Gasteiger partial charge in [0.05, 0.1) is 5.69 Å². The Balaban J connectivity index is 3.31. The number of aromatic hydroxyl groups is 1. The molecule has 0 heterocycles. The van der Waals surface area contributed by atoms with Crippen molar-refractivity contribution in [2.45, 2.75) is 0 Å². The molecule has 0 aliphatic heterocycles. The van der Waals surface area contributed by atoms with Crippen molar-refractivity contribution >= 4 is 11.6 Å². The fourth-order valence-electron chi connectivity index (χ4n) is 1.34. The van der Waals surface area contributed by atoms with Gasteiger partial charge in [-0.3, -0.25) is 4.79 Å². The largest absolute Gasteiger partial charge is 0.507 e. The van der Waals surface area contributed by atoms with E-state index in [1.165, 1.54) is 11.0 Å². The summed E-state index contributed by atoms with van der Waals surface area (Å²) in [7, 11) is 6.99. The first-order valence-electron chi connectivity index (χ1n) is 4.66. The number of carbonyl (C=O) groups is 1. The van der Waals surface area contributed by atoms with Crippen molar-refractivity contribution < 1.29 is 9.90 Å². The maximum absolute atomic E-state index is 11.8. The van der Waals surface area contributed by atoms with Crippen LogP contribution in [0, 0.1) is 0 Å². The first kappa shape index (κ1) is 11.4. The molecule has 1 amide bonds. The standard InChI is InChI=1S/C11H16N2O2/c1-12(2)8-6-5-7-9(14)10(8)11(15)13(3)4/h5-7,14H,1-4H3. The van der Waals surface area contributed by atoms with Crippen LogP contribution in [0.5, 0.6) is 5.75 Å². The lowest BCUT2D eigenvalue weighted by Crippen LogP contribution is -2.24. The van der Waals surface area contributed by atoms with Crippen molar-refractivity contribution in [2.24, 2.45) is 0 Å². The Morgan fingerprint density at radius 1 is 1.20 bits per heavy atom. The zero-order valence-corrected chi connectivity index (χ0v) is 9.48. The van der Waals surface area contributed by atoms with Crippen LogP contribution in [-0.2, 0) is 0 Å². The number of hydrogen-bond acceptors (Lipinski definition) is 3. The number of benzene rings is 1. The molecule has 0 radical (unpaired) electrons. The van der Waals surface area contributed by atoms with Crippen molar-refractivity contribution in [2.75, 3.05) is 33.1 Å². The van der Waals surface area contributed by atoms with Gasteiger partial charge >= 0.3 is 0 Å². The molecule has 1 aromatic rings. The number of carbonyl (C=O) groups excluding carboxylic acids is 1. The fraction of sp³-hybridized carbons (Fsp3) is 0.364. The summed E-state index contributed by atoms with van der Waals surface area (Å²) in [4.78, 5) is 15.1. The summed E-state index contributed by atoms with van der Waals surface area (Å²) in [6.45, 7) is 0. The highest BCUT2D eigenvalue weighted by atomic mass is 16.3. The lowest BCUT2D eigenvalue weighted by molar-refractivity contribution is 0.0825. The van der Waals surface area contributed by atoms with E-state index in [4.69, 9.17) is 0 Å². The molecule has 0 aromatic heterocycles. The second-order valence-electron chi connectivity index (χ2n) is 3.77. The Morgan fingerprint density at radius 3 is 2.27 bits per heavy atom. The number of phenols is 1. The fourth-order valence-corrected chi connectivity index (χ4v) is 1.34. The average molecular weight is 208 g/mol. The van der Waals surface area contributed by atoms with Gasteiger partial charge in [0.15, 0.2) is 0 Å². The number of nitrogens with zero attached hydrogens (tertiary/aromatic N) is 2. The zero-order chi connectivity index (χ0) is 11.6. The van der Waals surface area contributed by atoms with Crippen molar-refractivity contribution in [3.8, 4) is 5.75 Å². The summed E-state index contributed by atoms with van der Waals surface area (Å²) in [6.07, 6.45) is 0. The molecular weight excluding hydrogens is 192 g/mol. The second kappa shape index (κ2) is 4.21. The molecule has 0 aliphatic rings. The van der Waals surface area contributed by atoms with E-state index in [2.05, 4.69) is 0 Å². The molecular formula is C11H16N2O2. The summed E-state index contributed by atoms with van der Waals surface area (Å²) < 4.78 is 0. The van der Waals surface area contributed by atoms with Gasteiger partial charge < -0.3 is 14.9 Å². The van der Waals surface area contributed by atoms with Crippen molar-refractivity contribution in [1.29, 1.82) is 0 Å². The van der Waals surface area contributed by atoms with Crippen LogP contribution < -0.4 is 4.90 Å². The van der Waals surface area contributed by atoms with Gasteiger partial charge in [-0.15, -0.1) is 0 Å². The smallest absolute Gasteiger partial charge is 0.259 e. The molecule has 0 aliphatic carbocycles. The monoisotopic (exact) mass is 208 g/mol. The molecule has 0 unspecified atom stereocenters. The van der Waals surface area contributed by atoms with Gasteiger partial charge in [0.25, 0.3) is 5.91 Å². The molecule has 82 valence electrons. The molecule has 15 heavy (non-hydrogen) atoms. The Labute approximate surface area is 89.7 Å². The molecule has 0 fully saturated rings. The lowest BCUT2D eigenvalue weighted by atomic mass is 10.1. The first-order chi connectivity index (χ1) is 6.95. The summed E-state index contributed by atoms with van der Waals surface area (Å²) >= 11 is 0. The molecule has 1 rings (SSSR count). The van der Waals surface area contributed by atoms with Gasteiger partial charge in [-0.1, -0.05) is 6.07 Å². The maximum atomic E-state index is 11.8. The minimum absolute atomic E-state index is 0.0138. The van der Waals surface area contributed by atoms with Gasteiger partial charge in [0, 0.05) is 28.2 Å². The summed E-state index contributed by atoms with van der Waals surface area (Å²) in [5, 5.41) is 9.69. The van der Waals surface area contributed by atoms with Crippen LogP contribution in [0.2, 0.25) is 0 Å². The number of amides is 1. The van der Waals surface area contributed by atoms with E-state index in [1.54, 1.807) is 31.1 Å². The Morgan fingerprint density at radius 2 is 1.80 bits per heavy atom. The van der Waals surface area contributed by atoms with Crippen LogP contribution in [-0.4, -0.2) is 44.1 Å². The molecule has 1 aromatic carbocycles. The van der Waals surface area contributed by atoms with Crippen molar-refractivity contribution in [1.82, 2.24) is 4.90 Å². The average Bonchev–Trinajstić information content (AvgIpc) is 2.16. The molecule has 4 nitrogen and oxygen atoms in total. The van der Waals surface area contributed by atoms with Crippen LogP contribution in [0.4, 0.5) is 5.69 Å². The molecule has 4 heteroatoms. The highest BCUT2D eigenvalue weighted by Crippen LogP contribution is 2.27. The highest BCUT2D eigenvalue weighted by Gasteiger charge is 2.18. The van der Waals surface area contributed by atoms with E-state index in [-0.39, 0.29) is 11.7 Å². The van der Waals surface area contributed by atoms with Crippen molar-refractivity contribution in [3.05, 3.63) is 23.8 Å². The zero-order valence-electron chi connectivity index (χ0n) is 9.48. The van der Waals surface area contributed by atoms with Gasteiger partial charge in [0.2, 0.25) is 0 Å². The van der Waals surface area contributed by atoms with Crippen LogP contribution in [0.1, 0.15) is 10.4 Å². The third-order valence-electron chi connectivity index (χ3n) is 2.12. The molecule has 0 bridgehead atoms. The van der Waals surface area contributed by atoms with E-state index in [0.717, 1.165) is 0 Å². The predicted octanol–water partition coefficient (Wildman–Crippen LogP) is 1.16. The van der Waals surface area contributed by atoms with Gasteiger partial charge in [0.1, 0.15) is 11.3 Å². The van der Waals surface area contributed by atoms with E-state index in [0.29, 0.717) is 11.3 Å². The van der Waals surface area contributed by atoms with Gasteiger partial charge in [-0.05, 0) is 12.1 Å². The topological polar surface area (TPSA) is 43.8 Å². The summed E-state index contributed by atoms with van der Waals surface area (Å²) in [6, 6.07) is 5.04. The van der Waals surface area contributed by atoms with Crippen molar-refractivity contribution in [3.63, 3.8) is 0 Å². The highest BCUT2D eigenvalue weighted by molar-refractivity contribution is 6.02. The Kier molecular flexibility index (Phi) is 3.19. The molecule has 1 N–H and O–H groups in total. The molecule has 0 spiro atoms. The minimum Gasteiger partial charge on any atom is -0.507 e. The van der Waals surface area contributed by atoms with E-state index in [9.17, 15) is 9.90 Å². The minimum atomic E-state index is -0.197. The summed E-state index contributed by atoms with van der Waals surface area (Å²) in [5.41, 5.74) is 1.06. The van der Waals surface area contributed by atoms with Crippen LogP contribution in [0.15, 0.2) is 18.2 Å². The van der Waals surface area contributed by atoms with Crippen LogP contribution in [0.3, 0.4) is 0 Å². The Bertz CT molecular complexity index is 373. The lowest BCUT2D eigenvalue weighted by Gasteiger charge is -2.20. The predicted molar refractivity (Wildman–Crippen MR) is 60.5 cm³/mol. The van der Waals surface area contributed by atoms with Gasteiger partial charge in [-0.25, -0.2) is 0 Å². The third-order valence-corrected chi connectivity index (χ3v) is 2.12. The van der Waals surface area contributed by atoms with Crippen LogP contribution >= 0.6 is 0 Å². The third kappa shape index (κ3) is 2.21. The number of phenolic OH excluding ortho intramolecular Hbond substituents is 1. The van der Waals surface area contributed by atoms with E-state index >= 15 is 0 Å². The van der Waals surface area contributed by atoms with E-state index in [1.807, 2.05) is 14.1 Å². The molecule has 0 atom stereocenters. The first-order valence-corrected chi connectivity index (χ1v) is 4.66. The summed E-state index contributed by atoms with van der Waals surface area (Å²) in [5.74, 6) is -0.184. The maximum Gasteiger partial charge on any atom is 0.259 e. The molecule has 0 saturated heterocycles. The number of anilines is 1. The van der Waals surface area contributed by atoms with Crippen LogP contribution in [0.25, 0.3) is 0 Å². The SMILES string of the molecule is CN(C)C(=O)c1c(O)cccc1N(C)C. The van der Waals surface area contributed by atoms with Gasteiger partial charge in [-0.2, -0.15) is 0 Å². The van der Waals surface area contributed by atoms with E-state index < -0.39 is 0 Å². The normalized spacial score (nSPS) is 9.87. The molecule has 0 saturated carbocycles.